The van der Waals surface area contributed by atoms with Crippen molar-refractivity contribution in [2.24, 2.45) is 5.11 Å². The van der Waals surface area contributed by atoms with Crippen LogP contribution in [0.25, 0.3) is 10.4 Å². The van der Waals surface area contributed by atoms with Gasteiger partial charge >= 0.3 is 0 Å². The minimum absolute atomic E-state index is 0.0524. The van der Waals surface area contributed by atoms with Crippen molar-refractivity contribution >= 4 is 17.8 Å². The molecule has 2 N–H and O–H groups in total. The molecule has 1 heterocycles. The van der Waals surface area contributed by atoms with Gasteiger partial charge in [0.15, 0.2) is 0 Å². The summed E-state index contributed by atoms with van der Waals surface area (Å²) in [6.45, 7) is 6.53. The van der Waals surface area contributed by atoms with E-state index in [1.807, 2.05) is 20.8 Å². The van der Waals surface area contributed by atoms with Crippen LogP contribution in [-0.4, -0.2) is 27.5 Å². The Hall–Kier alpha value is -2.08. The van der Waals surface area contributed by atoms with Crippen molar-refractivity contribution in [3.8, 4) is 0 Å². The van der Waals surface area contributed by atoms with Crippen LogP contribution in [0.4, 0.5) is 17.8 Å². The largest absolute Gasteiger partial charge is 0.354 e. The first kappa shape index (κ1) is 12.0. The van der Waals surface area contributed by atoms with Crippen molar-refractivity contribution < 1.29 is 0 Å². The summed E-state index contributed by atoms with van der Waals surface area (Å²) in [5, 5.41) is 9.31. The number of rotatable bonds is 5. The molecule has 0 aliphatic heterocycles. The van der Waals surface area contributed by atoms with E-state index in [0.29, 0.717) is 18.4 Å². The molecule has 0 bridgehead atoms. The van der Waals surface area contributed by atoms with Gasteiger partial charge in [-0.15, -0.1) is 0 Å². The number of aromatic nitrogens is 3. The molecule has 1 aromatic rings. The number of nitrogens with one attached hydrogen (secondary N) is 2. The summed E-state index contributed by atoms with van der Waals surface area (Å²) < 4.78 is 0. The van der Waals surface area contributed by atoms with E-state index in [1.54, 1.807) is 0 Å². The van der Waals surface area contributed by atoms with E-state index >= 15 is 0 Å². The summed E-state index contributed by atoms with van der Waals surface area (Å²) in [5.41, 5.74) is 8.33. The second-order valence-electron chi connectivity index (χ2n) is 3.30. The molecule has 86 valence electrons. The third-order valence-electron chi connectivity index (χ3n) is 1.51. The van der Waals surface area contributed by atoms with Crippen LogP contribution in [0.1, 0.15) is 20.8 Å². The molecule has 0 saturated carbocycles. The van der Waals surface area contributed by atoms with Gasteiger partial charge in [-0.05, 0) is 31.4 Å². The molecule has 0 amide bonds. The van der Waals surface area contributed by atoms with Crippen molar-refractivity contribution in [3.63, 3.8) is 0 Å². The highest BCUT2D eigenvalue weighted by Crippen LogP contribution is 2.12. The highest BCUT2D eigenvalue weighted by atomic mass is 15.3. The molecule has 0 fully saturated rings. The Morgan fingerprint density at radius 3 is 2.56 bits per heavy atom. The fourth-order valence-corrected chi connectivity index (χ4v) is 1.01. The normalized spacial score (nSPS) is 9.75. The summed E-state index contributed by atoms with van der Waals surface area (Å²) in [5.74, 6) is 0.836. The molecule has 8 nitrogen and oxygen atoms in total. The minimum Gasteiger partial charge on any atom is -0.354 e. The summed E-state index contributed by atoms with van der Waals surface area (Å²) in [6, 6.07) is 0.191. The molecule has 0 atom stereocenters. The van der Waals surface area contributed by atoms with Crippen molar-refractivity contribution in [2.45, 2.75) is 26.8 Å². The smallest absolute Gasteiger partial charge is 0.228 e. The van der Waals surface area contributed by atoms with Crippen LogP contribution in [0.5, 0.6) is 0 Å². The maximum atomic E-state index is 8.33. The van der Waals surface area contributed by atoms with Crippen molar-refractivity contribution in [1.29, 1.82) is 0 Å². The average molecular weight is 222 g/mol. The highest BCUT2D eigenvalue weighted by molar-refractivity contribution is 5.39. The fraction of sp³-hybridized carbons (Fsp3) is 0.625. The Kier molecular flexibility index (Phi) is 4.28. The average Bonchev–Trinajstić information content (AvgIpc) is 2.17. The van der Waals surface area contributed by atoms with Gasteiger partial charge in [0, 0.05) is 17.5 Å². The lowest BCUT2D eigenvalue weighted by Crippen LogP contribution is -2.14. The van der Waals surface area contributed by atoms with E-state index in [1.165, 1.54) is 0 Å². The second-order valence-corrected chi connectivity index (χ2v) is 3.30. The summed E-state index contributed by atoms with van der Waals surface area (Å²) >= 11 is 0. The predicted molar refractivity (Wildman–Crippen MR) is 61.6 cm³/mol. The Morgan fingerprint density at radius 1 is 1.31 bits per heavy atom. The lowest BCUT2D eigenvalue weighted by atomic mass is 10.4. The molecule has 8 heteroatoms. The number of hydrogen-bond donors (Lipinski definition) is 2. The molecule has 0 aliphatic rings. The van der Waals surface area contributed by atoms with Crippen LogP contribution in [0.2, 0.25) is 0 Å². The fourth-order valence-electron chi connectivity index (χ4n) is 1.01. The quantitative estimate of drug-likeness (QED) is 0.450. The molecule has 0 aromatic carbocycles. The van der Waals surface area contributed by atoms with Gasteiger partial charge < -0.3 is 10.6 Å². The standard InChI is InChI=1S/C8H14N8/c1-4-10-6-12-7(11-5(2)3)14-8(13-6)15-16-9/h5H,4H2,1-3H3,(H2,10,11,12,13,14). The van der Waals surface area contributed by atoms with Crippen LogP contribution in [0, 0.1) is 0 Å². The van der Waals surface area contributed by atoms with E-state index in [4.69, 9.17) is 5.53 Å². The first-order valence-corrected chi connectivity index (χ1v) is 4.97. The lowest BCUT2D eigenvalue weighted by Gasteiger charge is -2.09. The summed E-state index contributed by atoms with van der Waals surface area (Å²) in [7, 11) is 0. The van der Waals surface area contributed by atoms with Gasteiger partial charge in [-0.3, -0.25) is 0 Å². The number of hydrogen-bond acceptors (Lipinski definition) is 6. The van der Waals surface area contributed by atoms with Crippen LogP contribution in [0.3, 0.4) is 0 Å². The minimum atomic E-state index is 0.0524. The summed E-state index contributed by atoms with van der Waals surface area (Å²) in [4.78, 5) is 14.6. The zero-order valence-corrected chi connectivity index (χ0v) is 9.47. The molecule has 1 rings (SSSR count). The van der Waals surface area contributed by atoms with Crippen molar-refractivity contribution in [1.82, 2.24) is 15.0 Å². The maximum absolute atomic E-state index is 8.33. The Balaban J connectivity index is 3.02. The van der Waals surface area contributed by atoms with Gasteiger partial charge in [0.05, 0.1) is 0 Å². The van der Waals surface area contributed by atoms with Crippen LogP contribution in [0.15, 0.2) is 5.11 Å². The molecule has 16 heavy (non-hydrogen) atoms. The van der Waals surface area contributed by atoms with Gasteiger partial charge in [-0.25, -0.2) is 0 Å². The van der Waals surface area contributed by atoms with Crippen LogP contribution < -0.4 is 10.6 Å². The van der Waals surface area contributed by atoms with E-state index < -0.39 is 0 Å². The zero-order chi connectivity index (χ0) is 12.0. The number of anilines is 2. The van der Waals surface area contributed by atoms with E-state index in [2.05, 4.69) is 35.6 Å². The van der Waals surface area contributed by atoms with E-state index in [-0.39, 0.29) is 12.0 Å². The van der Waals surface area contributed by atoms with Crippen molar-refractivity contribution in [2.75, 3.05) is 17.2 Å². The van der Waals surface area contributed by atoms with Crippen molar-refractivity contribution in [3.05, 3.63) is 10.4 Å². The topological polar surface area (TPSA) is 111 Å². The number of nitrogens with zero attached hydrogens (tertiary/aromatic N) is 6. The van der Waals surface area contributed by atoms with Gasteiger partial charge in [-0.1, -0.05) is 0 Å². The molecule has 0 radical (unpaired) electrons. The molecular formula is C8H14N8. The zero-order valence-electron chi connectivity index (χ0n) is 9.47. The second kappa shape index (κ2) is 5.72. The third-order valence-corrected chi connectivity index (χ3v) is 1.51. The van der Waals surface area contributed by atoms with E-state index in [0.717, 1.165) is 0 Å². The van der Waals surface area contributed by atoms with Crippen LogP contribution >= 0.6 is 0 Å². The molecule has 0 spiro atoms. The number of azide groups is 1. The Bertz CT molecular complexity index is 395. The maximum Gasteiger partial charge on any atom is 0.228 e. The monoisotopic (exact) mass is 222 g/mol. The first-order chi connectivity index (χ1) is 7.65. The Morgan fingerprint density at radius 2 is 2.00 bits per heavy atom. The summed E-state index contributed by atoms with van der Waals surface area (Å²) in [6.07, 6.45) is 0. The van der Waals surface area contributed by atoms with Gasteiger partial charge in [-0.2, -0.15) is 15.0 Å². The van der Waals surface area contributed by atoms with Gasteiger partial charge in [0.25, 0.3) is 0 Å². The molecule has 0 aliphatic carbocycles. The van der Waals surface area contributed by atoms with Gasteiger partial charge in [0.2, 0.25) is 17.8 Å². The first-order valence-electron chi connectivity index (χ1n) is 4.97. The molecular weight excluding hydrogens is 208 g/mol. The van der Waals surface area contributed by atoms with Gasteiger partial charge in [0.1, 0.15) is 0 Å². The van der Waals surface area contributed by atoms with Crippen LogP contribution in [-0.2, 0) is 0 Å². The Labute approximate surface area is 93.1 Å². The SMILES string of the molecule is CCNc1nc(N=[N+]=[N-])nc(NC(C)C)n1. The highest BCUT2D eigenvalue weighted by Gasteiger charge is 2.05. The molecule has 0 saturated heterocycles. The lowest BCUT2D eigenvalue weighted by molar-refractivity contribution is 0.865. The van der Waals surface area contributed by atoms with E-state index in [9.17, 15) is 0 Å². The third kappa shape index (κ3) is 3.58. The molecule has 1 aromatic heterocycles. The predicted octanol–water partition coefficient (Wildman–Crippen LogP) is 2.07. The molecule has 0 unspecified atom stereocenters.